The number of nitrogens with one attached hydrogen (secondary N) is 1. The van der Waals surface area contributed by atoms with Gasteiger partial charge < -0.3 is 10.2 Å². The van der Waals surface area contributed by atoms with Gasteiger partial charge >= 0.3 is 0 Å². The summed E-state index contributed by atoms with van der Waals surface area (Å²) in [7, 11) is -4.41. The maximum absolute atomic E-state index is 15.2. The van der Waals surface area contributed by atoms with Crippen LogP contribution in [0.4, 0.5) is 10.1 Å². The first kappa shape index (κ1) is 33.7. The molecule has 0 fully saturated rings. The summed E-state index contributed by atoms with van der Waals surface area (Å²) in [5.41, 5.74) is 1.42. The molecule has 7 nitrogen and oxygen atoms in total. The molecule has 1 N–H and O–H groups in total. The highest BCUT2D eigenvalue weighted by atomic mass is 35.5. The lowest BCUT2D eigenvalue weighted by atomic mass is 10.0. The molecule has 0 aliphatic rings. The van der Waals surface area contributed by atoms with Gasteiger partial charge in [0.15, 0.2) is 0 Å². The second-order valence-corrected chi connectivity index (χ2v) is 14.2. The third kappa shape index (κ3) is 8.93. The minimum Gasteiger partial charge on any atom is -0.350 e. The van der Waals surface area contributed by atoms with Crippen molar-refractivity contribution in [1.29, 1.82) is 0 Å². The topological polar surface area (TPSA) is 86.8 Å². The number of halogens is 2. The Morgan fingerprint density at radius 1 is 0.844 bits per heavy atom. The number of rotatable bonds is 11. The highest BCUT2D eigenvalue weighted by Gasteiger charge is 2.36. The van der Waals surface area contributed by atoms with Crippen LogP contribution >= 0.6 is 11.6 Å². The van der Waals surface area contributed by atoms with Gasteiger partial charge in [-0.2, -0.15) is 0 Å². The molecule has 0 radical (unpaired) electrons. The van der Waals surface area contributed by atoms with Crippen LogP contribution in [-0.2, 0) is 32.6 Å². The van der Waals surface area contributed by atoms with E-state index < -0.39 is 45.8 Å². The van der Waals surface area contributed by atoms with Crippen LogP contribution in [0.15, 0.2) is 108 Å². The summed E-state index contributed by atoms with van der Waals surface area (Å²) < 4.78 is 44.1. The number of benzene rings is 4. The summed E-state index contributed by atoms with van der Waals surface area (Å²) in [6, 6.07) is 26.5. The molecule has 0 spiro atoms. The molecule has 45 heavy (non-hydrogen) atoms. The molecule has 2 amide bonds. The smallest absolute Gasteiger partial charge is 0.264 e. The minimum absolute atomic E-state index is 0.0270. The largest absolute Gasteiger partial charge is 0.350 e. The number of anilines is 1. The molecule has 0 aromatic heterocycles. The van der Waals surface area contributed by atoms with Crippen LogP contribution in [0.3, 0.4) is 0 Å². The van der Waals surface area contributed by atoms with Crippen molar-refractivity contribution in [3.63, 3.8) is 0 Å². The molecule has 10 heteroatoms. The number of hydrogen-bond acceptors (Lipinski definition) is 4. The molecule has 1 atom stereocenters. The number of carbonyl (C=O) groups excluding carboxylic acids is 2. The molecule has 4 aromatic carbocycles. The van der Waals surface area contributed by atoms with Crippen molar-refractivity contribution in [2.75, 3.05) is 10.8 Å². The van der Waals surface area contributed by atoms with Crippen molar-refractivity contribution < 1.29 is 22.4 Å². The summed E-state index contributed by atoms with van der Waals surface area (Å²) >= 11 is 6.12. The maximum atomic E-state index is 15.2. The quantitative estimate of drug-likeness (QED) is 0.200. The van der Waals surface area contributed by atoms with E-state index in [0.29, 0.717) is 10.6 Å². The Balaban J connectivity index is 1.82. The lowest BCUT2D eigenvalue weighted by Gasteiger charge is -2.35. The summed E-state index contributed by atoms with van der Waals surface area (Å²) in [4.78, 5) is 29.6. The van der Waals surface area contributed by atoms with E-state index in [4.69, 9.17) is 11.6 Å². The van der Waals surface area contributed by atoms with Crippen molar-refractivity contribution in [2.45, 2.75) is 57.1 Å². The maximum Gasteiger partial charge on any atom is 0.264 e. The molecule has 0 aliphatic carbocycles. The fraction of sp³-hybridized carbons (Fsp3) is 0.257. The van der Waals surface area contributed by atoms with Gasteiger partial charge in [0.25, 0.3) is 10.0 Å². The van der Waals surface area contributed by atoms with Crippen LogP contribution in [0.1, 0.15) is 37.5 Å². The summed E-state index contributed by atoms with van der Waals surface area (Å²) in [5, 5.41) is 3.48. The number of aryl methyl sites for hydroxylation is 1. The summed E-state index contributed by atoms with van der Waals surface area (Å²) in [5.74, 6) is -1.90. The SMILES string of the molecule is Cc1ccc(S(=O)(=O)N(CC(=O)N(Cc2ccc(Cl)cc2)[C@@H](Cc2ccccc2)C(=O)NC(C)(C)C)c2ccccc2F)cc1. The van der Waals surface area contributed by atoms with E-state index in [1.54, 1.807) is 36.4 Å². The standard InChI is InChI=1S/C35H37ClFN3O4S/c1-25-14-20-29(21-15-25)45(43,44)40(31-13-9-8-12-30(31)37)24-33(41)39(23-27-16-18-28(36)19-17-27)32(34(42)38-35(2,3)4)22-26-10-6-5-7-11-26/h5-21,32H,22-24H2,1-4H3,(H,38,42)/t32-/m0/s1. The Hall–Kier alpha value is -4.21. The van der Waals surface area contributed by atoms with Crippen molar-refractivity contribution in [1.82, 2.24) is 10.2 Å². The van der Waals surface area contributed by atoms with Gasteiger partial charge in [-0.3, -0.25) is 13.9 Å². The summed E-state index contributed by atoms with van der Waals surface area (Å²) in [6.07, 6.45) is 0.159. The third-order valence-corrected chi connectivity index (χ3v) is 9.07. The van der Waals surface area contributed by atoms with Gasteiger partial charge in [-0.1, -0.05) is 83.9 Å². The van der Waals surface area contributed by atoms with Gasteiger partial charge in [0.2, 0.25) is 11.8 Å². The molecule has 4 aromatic rings. The van der Waals surface area contributed by atoms with Gasteiger partial charge in [-0.15, -0.1) is 0 Å². The zero-order chi connectivity index (χ0) is 32.8. The van der Waals surface area contributed by atoms with Crippen molar-refractivity contribution in [3.8, 4) is 0 Å². The Bertz CT molecular complexity index is 1730. The van der Waals surface area contributed by atoms with E-state index in [2.05, 4.69) is 5.32 Å². The van der Waals surface area contributed by atoms with E-state index in [0.717, 1.165) is 21.5 Å². The van der Waals surface area contributed by atoms with E-state index in [1.165, 1.54) is 35.2 Å². The van der Waals surface area contributed by atoms with Crippen LogP contribution in [0.25, 0.3) is 0 Å². The Morgan fingerprint density at radius 3 is 2.04 bits per heavy atom. The second kappa shape index (κ2) is 14.3. The lowest BCUT2D eigenvalue weighted by molar-refractivity contribution is -0.140. The molecule has 0 saturated carbocycles. The number of amides is 2. The van der Waals surface area contributed by atoms with Gasteiger partial charge in [0.05, 0.1) is 10.6 Å². The van der Waals surface area contributed by atoms with Crippen LogP contribution in [0, 0.1) is 12.7 Å². The van der Waals surface area contributed by atoms with Gasteiger partial charge in [0.1, 0.15) is 18.4 Å². The average Bonchev–Trinajstić information content (AvgIpc) is 2.99. The second-order valence-electron chi connectivity index (χ2n) is 11.9. The third-order valence-electron chi connectivity index (χ3n) is 7.04. The fourth-order valence-corrected chi connectivity index (χ4v) is 6.35. The fourth-order valence-electron chi connectivity index (χ4n) is 4.80. The van der Waals surface area contributed by atoms with Crippen molar-refractivity contribution >= 4 is 39.1 Å². The molecule has 236 valence electrons. The highest BCUT2D eigenvalue weighted by Crippen LogP contribution is 2.27. The normalized spacial score (nSPS) is 12.3. The first-order valence-electron chi connectivity index (χ1n) is 14.5. The molecular weight excluding hydrogens is 613 g/mol. The molecule has 0 aliphatic heterocycles. The zero-order valence-electron chi connectivity index (χ0n) is 25.7. The van der Waals surface area contributed by atoms with E-state index in [-0.39, 0.29) is 23.5 Å². The molecule has 0 bridgehead atoms. The number of para-hydroxylation sites is 1. The van der Waals surface area contributed by atoms with Crippen molar-refractivity contribution in [2.24, 2.45) is 0 Å². The number of nitrogens with zero attached hydrogens (tertiary/aromatic N) is 2. The Kier molecular flexibility index (Phi) is 10.7. The van der Waals surface area contributed by atoms with E-state index in [9.17, 15) is 18.0 Å². The average molecular weight is 650 g/mol. The van der Waals surface area contributed by atoms with E-state index >= 15 is 4.39 Å². The van der Waals surface area contributed by atoms with Gasteiger partial charge in [-0.05, 0) is 75.2 Å². The van der Waals surface area contributed by atoms with Gasteiger partial charge in [0, 0.05) is 23.5 Å². The number of sulfonamides is 1. The predicted molar refractivity (Wildman–Crippen MR) is 176 cm³/mol. The first-order chi connectivity index (χ1) is 21.2. The van der Waals surface area contributed by atoms with E-state index in [1.807, 2.05) is 58.0 Å². The van der Waals surface area contributed by atoms with Crippen molar-refractivity contribution in [3.05, 3.63) is 131 Å². The lowest BCUT2D eigenvalue weighted by Crippen LogP contribution is -2.56. The van der Waals surface area contributed by atoms with Crippen LogP contribution < -0.4 is 9.62 Å². The molecular formula is C35H37ClFN3O4S. The minimum atomic E-state index is -4.41. The molecule has 0 unspecified atom stereocenters. The predicted octanol–water partition coefficient (Wildman–Crippen LogP) is 6.54. The zero-order valence-corrected chi connectivity index (χ0v) is 27.3. The van der Waals surface area contributed by atoms with Gasteiger partial charge in [-0.25, -0.2) is 12.8 Å². The highest BCUT2D eigenvalue weighted by molar-refractivity contribution is 7.92. The monoisotopic (exact) mass is 649 g/mol. The molecule has 0 heterocycles. The Morgan fingerprint density at radius 2 is 1.44 bits per heavy atom. The Labute approximate surface area is 269 Å². The number of carbonyl (C=O) groups is 2. The molecule has 4 rings (SSSR count). The number of hydrogen-bond donors (Lipinski definition) is 1. The van der Waals surface area contributed by atoms with Crippen LogP contribution in [0.5, 0.6) is 0 Å². The summed E-state index contributed by atoms with van der Waals surface area (Å²) in [6.45, 7) is 6.55. The van der Waals surface area contributed by atoms with Crippen LogP contribution in [-0.4, -0.2) is 43.3 Å². The molecule has 0 saturated heterocycles. The first-order valence-corrected chi connectivity index (χ1v) is 16.3. The van der Waals surface area contributed by atoms with Crippen LogP contribution in [0.2, 0.25) is 5.02 Å².